The molecule has 9 aromatic carbocycles. The second kappa shape index (κ2) is 14.7. The normalized spacial score (nSPS) is 18.1. The van der Waals surface area contributed by atoms with Gasteiger partial charge in [0.25, 0.3) is 0 Å². The second-order valence-electron chi connectivity index (χ2n) is 17.9. The summed E-state index contributed by atoms with van der Waals surface area (Å²) in [6.07, 6.45) is 4.56. The third-order valence-corrected chi connectivity index (χ3v) is 14.7. The van der Waals surface area contributed by atoms with Gasteiger partial charge in [0.2, 0.25) is 0 Å². The van der Waals surface area contributed by atoms with E-state index < -0.39 is 0 Å². The van der Waals surface area contributed by atoms with E-state index in [9.17, 15) is 0 Å². The molecule has 1 spiro atoms. The number of hydrogen-bond donors (Lipinski definition) is 0. The van der Waals surface area contributed by atoms with Gasteiger partial charge in [-0.1, -0.05) is 158 Å². The Morgan fingerprint density at radius 2 is 0.875 bits per heavy atom. The highest BCUT2D eigenvalue weighted by Gasteiger charge is 2.62. The quantitative estimate of drug-likeness (QED) is 0.152. The summed E-state index contributed by atoms with van der Waals surface area (Å²) in [5.74, 6) is 0.948. The Morgan fingerprint density at radius 1 is 0.391 bits per heavy atom. The van der Waals surface area contributed by atoms with E-state index >= 15 is 0 Å². The van der Waals surface area contributed by atoms with Gasteiger partial charge in [0, 0.05) is 50.4 Å². The number of nitrogens with zero attached hydrogens (tertiary/aromatic N) is 2. The first-order valence-corrected chi connectivity index (χ1v) is 22.9. The minimum absolute atomic E-state index is 0.198. The lowest BCUT2D eigenvalue weighted by molar-refractivity contribution is 0.350. The van der Waals surface area contributed by atoms with Crippen molar-refractivity contribution in [1.82, 2.24) is 0 Å². The van der Waals surface area contributed by atoms with E-state index in [1.807, 2.05) is 0 Å². The van der Waals surface area contributed by atoms with E-state index in [0.29, 0.717) is 11.8 Å². The average Bonchev–Trinajstić information content (AvgIpc) is 4.10. The fourth-order valence-corrected chi connectivity index (χ4v) is 12.3. The topological polar surface area (TPSA) is 19.6 Å². The lowest BCUT2D eigenvalue weighted by Crippen LogP contribution is -2.34. The number of para-hydroxylation sites is 4. The van der Waals surface area contributed by atoms with Crippen molar-refractivity contribution in [2.75, 3.05) is 9.80 Å². The minimum Gasteiger partial charge on any atom is -0.456 e. The lowest BCUT2D eigenvalue weighted by Gasteiger charge is -2.40. The molecule has 306 valence electrons. The summed E-state index contributed by atoms with van der Waals surface area (Å²) in [5, 5.41) is 2.29. The summed E-state index contributed by atoms with van der Waals surface area (Å²) in [4.78, 5) is 5.15. The van der Waals surface area contributed by atoms with Crippen LogP contribution in [0, 0.1) is 11.8 Å². The van der Waals surface area contributed by atoms with Crippen molar-refractivity contribution in [3.63, 3.8) is 0 Å². The van der Waals surface area contributed by atoms with Crippen molar-refractivity contribution in [1.29, 1.82) is 0 Å². The van der Waals surface area contributed by atoms with Crippen LogP contribution in [-0.2, 0) is 18.3 Å². The molecule has 1 aromatic heterocycles. The molecule has 3 unspecified atom stereocenters. The molecule has 10 aromatic rings. The minimum atomic E-state index is -0.198. The van der Waals surface area contributed by atoms with Crippen molar-refractivity contribution in [3.05, 3.63) is 241 Å². The summed E-state index contributed by atoms with van der Waals surface area (Å²) in [7, 11) is 0. The molecule has 64 heavy (non-hydrogen) atoms. The van der Waals surface area contributed by atoms with Gasteiger partial charge in [0.05, 0.1) is 17.1 Å². The van der Waals surface area contributed by atoms with E-state index in [-0.39, 0.29) is 5.41 Å². The van der Waals surface area contributed by atoms with E-state index in [4.69, 9.17) is 4.42 Å². The maximum Gasteiger partial charge on any atom is 0.137 e. The number of hydrogen-bond acceptors (Lipinski definition) is 3. The molecule has 3 atom stereocenters. The Hall–Kier alpha value is -7.62. The van der Waals surface area contributed by atoms with Gasteiger partial charge in [0.15, 0.2) is 0 Å². The Labute approximate surface area is 374 Å². The Balaban J connectivity index is 1.08. The molecular weight excluding hydrogens is 777 g/mol. The summed E-state index contributed by atoms with van der Waals surface area (Å²) in [5.41, 5.74) is 19.5. The molecule has 3 nitrogen and oxygen atoms in total. The SMILES string of the molecule is c1ccc(-c2cccc(-c3ccccc3)c2N(c2ccccc2)c2cccc3c2C24c5c(cccc5N(c5ccccc5)c5ccc6c(c5)oc5ccccc56)CC2CCC4C3)cc1. The van der Waals surface area contributed by atoms with Crippen LogP contribution in [0.1, 0.15) is 35.1 Å². The monoisotopic (exact) mass is 822 g/mol. The highest BCUT2D eigenvalue weighted by atomic mass is 16.3. The maximum atomic E-state index is 6.57. The smallest absolute Gasteiger partial charge is 0.137 e. The number of anilines is 6. The Kier molecular flexibility index (Phi) is 8.52. The summed E-state index contributed by atoms with van der Waals surface area (Å²) in [6.45, 7) is 0. The van der Waals surface area contributed by atoms with Crippen molar-refractivity contribution < 1.29 is 4.42 Å². The molecule has 0 aliphatic heterocycles. The number of benzene rings is 9. The Morgan fingerprint density at radius 3 is 1.47 bits per heavy atom. The molecule has 1 fully saturated rings. The van der Waals surface area contributed by atoms with Gasteiger partial charge in [-0.25, -0.2) is 0 Å². The summed E-state index contributed by atoms with van der Waals surface area (Å²) >= 11 is 0. The van der Waals surface area contributed by atoms with Gasteiger partial charge >= 0.3 is 0 Å². The fourth-order valence-electron chi connectivity index (χ4n) is 12.3. The van der Waals surface area contributed by atoms with E-state index in [1.165, 1.54) is 74.4 Å². The van der Waals surface area contributed by atoms with Crippen molar-refractivity contribution in [3.8, 4) is 22.3 Å². The zero-order valence-electron chi connectivity index (χ0n) is 35.6. The number of furan rings is 1. The van der Waals surface area contributed by atoms with Crippen molar-refractivity contribution in [2.45, 2.75) is 31.1 Å². The van der Waals surface area contributed by atoms with Crippen LogP contribution in [-0.4, -0.2) is 0 Å². The van der Waals surface area contributed by atoms with Crippen molar-refractivity contribution in [2.24, 2.45) is 11.8 Å². The van der Waals surface area contributed by atoms with Gasteiger partial charge in [0.1, 0.15) is 11.2 Å². The van der Waals surface area contributed by atoms with Crippen molar-refractivity contribution >= 4 is 56.1 Å². The predicted octanol–water partition coefficient (Wildman–Crippen LogP) is 16.3. The Bertz CT molecular complexity index is 3290. The van der Waals surface area contributed by atoms with Gasteiger partial charge in [-0.3, -0.25) is 0 Å². The second-order valence-corrected chi connectivity index (χ2v) is 17.9. The molecule has 3 aliphatic rings. The van der Waals surface area contributed by atoms with Crippen LogP contribution < -0.4 is 9.80 Å². The van der Waals surface area contributed by atoms with Crippen LogP contribution in [0.2, 0.25) is 0 Å². The predicted molar refractivity (Wildman–Crippen MR) is 265 cm³/mol. The highest BCUT2D eigenvalue weighted by Crippen LogP contribution is 2.69. The maximum absolute atomic E-state index is 6.57. The first-order chi connectivity index (χ1) is 31.8. The summed E-state index contributed by atoms with van der Waals surface area (Å²) < 4.78 is 6.57. The first-order valence-electron chi connectivity index (χ1n) is 22.9. The van der Waals surface area contributed by atoms with Gasteiger partial charge < -0.3 is 14.2 Å². The van der Waals surface area contributed by atoms with Crippen LogP contribution in [0.3, 0.4) is 0 Å². The van der Waals surface area contributed by atoms with Crippen LogP contribution >= 0.6 is 0 Å². The standard InChI is InChI=1S/C61H46N2O/c1-5-18-41(19-6-1)50-29-17-30-51(42-20-7-2-8-21-42)60(50)63(48-26-11-4-12-27-48)55-32-16-23-44-39-46-35-34-45-38-43-22-15-31-54(58(43)61(45,46)59(44)55)62(47-24-9-3-10-25-47)49-36-37-53-52-28-13-14-33-56(52)64-57(53)40-49/h1-33,36-37,40,45-46H,34-35,38-39H2. The molecule has 3 heteroatoms. The third-order valence-electron chi connectivity index (χ3n) is 14.7. The zero-order chi connectivity index (χ0) is 42.2. The molecule has 13 rings (SSSR count). The third kappa shape index (κ3) is 5.53. The van der Waals surface area contributed by atoms with Gasteiger partial charge in [-0.05, 0) is 125 Å². The average molecular weight is 823 g/mol. The lowest BCUT2D eigenvalue weighted by atomic mass is 9.68. The number of rotatable bonds is 8. The molecule has 1 heterocycles. The fraction of sp³-hybridized carbons (Fsp3) is 0.115. The molecule has 3 aliphatic carbocycles. The summed E-state index contributed by atoms with van der Waals surface area (Å²) in [6, 6.07) is 80.4. The number of fused-ring (bicyclic) bond motifs is 5. The van der Waals surface area contributed by atoms with Crippen LogP contribution in [0.4, 0.5) is 34.1 Å². The molecule has 1 saturated carbocycles. The first kappa shape index (κ1) is 37.0. The van der Waals surface area contributed by atoms with E-state index in [0.717, 1.165) is 51.8 Å². The molecular formula is C61H46N2O. The highest BCUT2D eigenvalue weighted by molar-refractivity contribution is 6.06. The largest absolute Gasteiger partial charge is 0.456 e. The van der Waals surface area contributed by atoms with E-state index in [2.05, 4.69) is 228 Å². The van der Waals surface area contributed by atoms with Crippen LogP contribution in [0.5, 0.6) is 0 Å². The molecule has 0 saturated heterocycles. The van der Waals surface area contributed by atoms with E-state index in [1.54, 1.807) is 0 Å². The molecule has 0 bridgehead atoms. The molecule has 0 amide bonds. The molecule has 0 N–H and O–H groups in total. The zero-order valence-corrected chi connectivity index (χ0v) is 35.6. The van der Waals surface area contributed by atoms with Gasteiger partial charge in [-0.15, -0.1) is 0 Å². The van der Waals surface area contributed by atoms with Crippen LogP contribution in [0.15, 0.2) is 223 Å². The van der Waals surface area contributed by atoms with Gasteiger partial charge in [-0.2, -0.15) is 0 Å². The molecule has 0 radical (unpaired) electrons. The van der Waals surface area contributed by atoms with Crippen LogP contribution in [0.25, 0.3) is 44.2 Å².